The lowest BCUT2D eigenvalue weighted by atomic mass is 9.94. The monoisotopic (exact) mass is 240 g/mol. The molecule has 17 heavy (non-hydrogen) atoms. The van der Waals surface area contributed by atoms with Gasteiger partial charge in [0.25, 0.3) is 0 Å². The summed E-state index contributed by atoms with van der Waals surface area (Å²) in [5.74, 6) is 0.955. The molecule has 0 saturated carbocycles. The van der Waals surface area contributed by atoms with E-state index in [1.807, 2.05) is 0 Å². The fourth-order valence-electron chi connectivity index (χ4n) is 2.53. The minimum absolute atomic E-state index is 0.246. The first-order valence-electron chi connectivity index (χ1n) is 7.26. The van der Waals surface area contributed by atoms with E-state index < -0.39 is 0 Å². The van der Waals surface area contributed by atoms with Crippen molar-refractivity contribution in [3.8, 4) is 0 Å². The highest BCUT2D eigenvalue weighted by Gasteiger charge is 2.15. The van der Waals surface area contributed by atoms with Gasteiger partial charge in [-0.25, -0.2) is 0 Å². The molecule has 0 spiro atoms. The molecule has 1 rings (SSSR count). The third kappa shape index (κ3) is 6.06. The molecular weight excluding hydrogens is 212 g/mol. The average Bonchev–Trinajstić information content (AvgIpc) is 2.37. The predicted octanol–water partition coefficient (Wildman–Crippen LogP) is 2.46. The molecule has 1 aliphatic heterocycles. The Bertz CT molecular complexity index is 212. The maximum Gasteiger partial charge on any atom is 0.220 e. The van der Waals surface area contributed by atoms with Gasteiger partial charge in [0.05, 0.1) is 0 Å². The van der Waals surface area contributed by atoms with Gasteiger partial charge < -0.3 is 10.6 Å². The van der Waals surface area contributed by atoms with Crippen molar-refractivity contribution < 1.29 is 4.79 Å². The number of nitrogens with one attached hydrogen (secondary N) is 2. The van der Waals surface area contributed by atoms with Crippen molar-refractivity contribution in [2.45, 2.75) is 64.8 Å². The molecule has 2 N–H and O–H groups in total. The first-order valence-corrected chi connectivity index (χ1v) is 7.26. The smallest absolute Gasteiger partial charge is 0.220 e. The number of hydrogen-bond acceptors (Lipinski definition) is 2. The van der Waals surface area contributed by atoms with Gasteiger partial charge in [0.2, 0.25) is 5.91 Å². The molecule has 0 radical (unpaired) electrons. The molecule has 0 aliphatic carbocycles. The van der Waals surface area contributed by atoms with Crippen LogP contribution in [0.15, 0.2) is 0 Å². The Morgan fingerprint density at radius 1 is 1.47 bits per heavy atom. The third-order valence-corrected chi connectivity index (χ3v) is 3.67. The molecule has 2 atom stereocenters. The van der Waals surface area contributed by atoms with Crippen LogP contribution < -0.4 is 10.6 Å². The van der Waals surface area contributed by atoms with Gasteiger partial charge >= 0.3 is 0 Å². The molecule has 1 heterocycles. The number of carbonyl (C=O) groups excluding carboxylic acids is 1. The molecule has 1 aliphatic rings. The van der Waals surface area contributed by atoms with E-state index in [0.717, 1.165) is 38.8 Å². The van der Waals surface area contributed by atoms with E-state index in [4.69, 9.17) is 0 Å². The molecular formula is C14H28N2O. The van der Waals surface area contributed by atoms with Crippen LogP contribution in [0.2, 0.25) is 0 Å². The molecule has 0 bridgehead atoms. The van der Waals surface area contributed by atoms with Gasteiger partial charge in [0.1, 0.15) is 0 Å². The highest BCUT2D eigenvalue weighted by Crippen LogP contribution is 2.15. The van der Waals surface area contributed by atoms with Crippen LogP contribution in [-0.2, 0) is 4.79 Å². The van der Waals surface area contributed by atoms with Gasteiger partial charge in [-0.3, -0.25) is 4.79 Å². The summed E-state index contributed by atoms with van der Waals surface area (Å²) in [6.45, 7) is 6.56. The highest BCUT2D eigenvalue weighted by molar-refractivity contribution is 5.76. The fourth-order valence-corrected chi connectivity index (χ4v) is 2.53. The SMILES string of the molecule is CCCC(CC)NC(=O)CCC1CCCNC1. The lowest BCUT2D eigenvalue weighted by molar-refractivity contribution is -0.122. The van der Waals surface area contributed by atoms with Gasteiger partial charge in [-0.1, -0.05) is 20.3 Å². The van der Waals surface area contributed by atoms with E-state index in [9.17, 15) is 4.79 Å². The molecule has 0 aromatic rings. The minimum atomic E-state index is 0.246. The number of piperidine rings is 1. The normalized spacial score (nSPS) is 22.1. The molecule has 0 aromatic carbocycles. The van der Waals surface area contributed by atoms with E-state index in [2.05, 4.69) is 24.5 Å². The summed E-state index contributed by atoms with van der Waals surface area (Å²) in [5, 5.41) is 6.55. The Labute approximate surface area is 106 Å². The molecule has 0 aromatic heterocycles. The number of carbonyl (C=O) groups is 1. The second-order valence-electron chi connectivity index (χ2n) is 5.21. The van der Waals surface area contributed by atoms with Crippen molar-refractivity contribution in [2.75, 3.05) is 13.1 Å². The quantitative estimate of drug-likeness (QED) is 0.718. The van der Waals surface area contributed by atoms with E-state index in [1.165, 1.54) is 12.8 Å². The fraction of sp³-hybridized carbons (Fsp3) is 0.929. The molecule has 1 saturated heterocycles. The van der Waals surface area contributed by atoms with Crippen molar-refractivity contribution in [2.24, 2.45) is 5.92 Å². The zero-order valence-electron chi connectivity index (χ0n) is 11.4. The summed E-state index contributed by atoms with van der Waals surface area (Å²) in [6.07, 6.45) is 7.59. The van der Waals surface area contributed by atoms with Gasteiger partial charge in [-0.05, 0) is 51.1 Å². The summed E-state index contributed by atoms with van der Waals surface area (Å²) in [7, 11) is 0. The lowest BCUT2D eigenvalue weighted by Crippen LogP contribution is -2.35. The summed E-state index contributed by atoms with van der Waals surface area (Å²) in [4.78, 5) is 11.8. The molecule has 100 valence electrons. The van der Waals surface area contributed by atoms with Crippen LogP contribution >= 0.6 is 0 Å². The van der Waals surface area contributed by atoms with Gasteiger partial charge in [0, 0.05) is 12.5 Å². The topological polar surface area (TPSA) is 41.1 Å². The largest absolute Gasteiger partial charge is 0.353 e. The van der Waals surface area contributed by atoms with Crippen LogP contribution in [0.1, 0.15) is 58.8 Å². The lowest BCUT2D eigenvalue weighted by Gasteiger charge is -2.23. The van der Waals surface area contributed by atoms with Crippen molar-refractivity contribution in [3.05, 3.63) is 0 Å². The number of rotatable bonds is 7. The van der Waals surface area contributed by atoms with Crippen molar-refractivity contribution >= 4 is 5.91 Å². The summed E-state index contributed by atoms with van der Waals surface area (Å²) in [5.41, 5.74) is 0. The third-order valence-electron chi connectivity index (χ3n) is 3.67. The Morgan fingerprint density at radius 3 is 2.88 bits per heavy atom. The molecule has 1 fully saturated rings. The number of hydrogen-bond donors (Lipinski definition) is 2. The maximum atomic E-state index is 11.8. The first kappa shape index (κ1) is 14.5. The second kappa shape index (κ2) is 8.51. The van der Waals surface area contributed by atoms with Crippen LogP contribution in [0.5, 0.6) is 0 Å². The van der Waals surface area contributed by atoms with Gasteiger partial charge in [0.15, 0.2) is 0 Å². The zero-order chi connectivity index (χ0) is 12.5. The highest BCUT2D eigenvalue weighted by atomic mass is 16.1. The average molecular weight is 240 g/mol. The van der Waals surface area contributed by atoms with E-state index in [0.29, 0.717) is 18.4 Å². The maximum absolute atomic E-state index is 11.8. The van der Waals surface area contributed by atoms with Crippen LogP contribution in [0.4, 0.5) is 0 Å². The van der Waals surface area contributed by atoms with Crippen LogP contribution in [0.3, 0.4) is 0 Å². The Balaban J connectivity index is 2.14. The first-order chi connectivity index (χ1) is 8.26. The summed E-state index contributed by atoms with van der Waals surface area (Å²) >= 11 is 0. The predicted molar refractivity (Wildman–Crippen MR) is 72.0 cm³/mol. The van der Waals surface area contributed by atoms with E-state index in [-0.39, 0.29) is 5.91 Å². The summed E-state index contributed by atoms with van der Waals surface area (Å²) < 4.78 is 0. The van der Waals surface area contributed by atoms with Crippen molar-refractivity contribution in [3.63, 3.8) is 0 Å². The molecule has 1 amide bonds. The van der Waals surface area contributed by atoms with E-state index in [1.54, 1.807) is 0 Å². The Morgan fingerprint density at radius 2 is 2.29 bits per heavy atom. The van der Waals surface area contributed by atoms with Gasteiger partial charge in [-0.2, -0.15) is 0 Å². The van der Waals surface area contributed by atoms with Crippen LogP contribution in [0.25, 0.3) is 0 Å². The number of amides is 1. The van der Waals surface area contributed by atoms with Crippen molar-refractivity contribution in [1.29, 1.82) is 0 Å². The Hall–Kier alpha value is -0.570. The molecule has 3 heteroatoms. The van der Waals surface area contributed by atoms with E-state index >= 15 is 0 Å². The minimum Gasteiger partial charge on any atom is -0.353 e. The van der Waals surface area contributed by atoms with Crippen LogP contribution in [0, 0.1) is 5.92 Å². The van der Waals surface area contributed by atoms with Crippen LogP contribution in [-0.4, -0.2) is 25.0 Å². The molecule has 2 unspecified atom stereocenters. The standard InChI is InChI=1S/C14H28N2O/c1-3-6-13(4-2)16-14(17)9-8-12-7-5-10-15-11-12/h12-13,15H,3-11H2,1-2H3,(H,16,17). The Kier molecular flexibility index (Phi) is 7.25. The van der Waals surface area contributed by atoms with Gasteiger partial charge in [-0.15, -0.1) is 0 Å². The summed E-state index contributed by atoms with van der Waals surface area (Å²) in [6, 6.07) is 0.386. The van der Waals surface area contributed by atoms with Crippen molar-refractivity contribution in [1.82, 2.24) is 10.6 Å². The molecule has 3 nitrogen and oxygen atoms in total. The second-order valence-corrected chi connectivity index (χ2v) is 5.21. The zero-order valence-corrected chi connectivity index (χ0v) is 11.4.